The molecule has 0 saturated carbocycles. The second kappa shape index (κ2) is 4.00. The average molecular weight is 207 g/mol. The van der Waals surface area contributed by atoms with Gasteiger partial charge in [0.2, 0.25) is 0 Å². The van der Waals surface area contributed by atoms with Crippen LogP contribution in [0, 0.1) is 0 Å². The summed E-state index contributed by atoms with van der Waals surface area (Å²) in [7, 11) is 0. The van der Waals surface area contributed by atoms with Crippen LogP contribution in [-0.2, 0) is 6.54 Å². The molecule has 0 saturated heterocycles. The second-order valence-corrected chi connectivity index (χ2v) is 3.06. The zero-order valence-corrected chi connectivity index (χ0v) is 7.75. The molecule has 0 radical (unpaired) electrons. The Morgan fingerprint density at radius 1 is 1.57 bits per heavy atom. The van der Waals surface area contributed by atoms with Crippen molar-refractivity contribution >= 4 is 0 Å². The van der Waals surface area contributed by atoms with Crippen molar-refractivity contribution in [2.24, 2.45) is 5.73 Å². The number of aryl methyl sites for hydroxylation is 1. The van der Waals surface area contributed by atoms with Gasteiger partial charge in [-0.25, -0.2) is 0 Å². The molecule has 0 aromatic carbocycles. The molecule has 6 heteroatoms. The van der Waals surface area contributed by atoms with Crippen LogP contribution in [0.25, 0.3) is 0 Å². The van der Waals surface area contributed by atoms with Crippen molar-refractivity contribution in [2.45, 2.75) is 32.1 Å². The van der Waals surface area contributed by atoms with Crippen LogP contribution in [0.2, 0.25) is 0 Å². The number of halogens is 3. The van der Waals surface area contributed by atoms with E-state index in [1.165, 1.54) is 10.9 Å². The number of nitrogens with zero attached hydrogens (tertiary/aromatic N) is 2. The molecule has 0 bridgehead atoms. The van der Waals surface area contributed by atoms with Gasteiger partial charge < -0.3 is 5.73 Å². The molecular weight excluding hydrogens is 195 g/mol. The molecule has 1 aromatic rings. The van der Waals surface area contributed by atoms with Crippen molar-refractivity contribution in [1.82, 2.24) is 9.78 Å². The molecule has 0 aliphatic heterocycles. The van der Waals surface area contributed by atoms with E-state index in [0.29, 0.717) is 6.54 Å². The highest BCUT2D eigenvalue weighted by Gasteiger charge is 2.38. The van der Waals surface area contributed by atoms with Crippen LogP contribution >= 0.6 is 0 Å². The normalized spacial score (nSPS) is 14.4. The lowest BCUT2D eigenvalue weighted by Gasteiger charge is -2.12. The third kappa shape index (κ3) is 2.47. The molecule has 1 aromatic heterocycles. The predicted octanol–water partition coefficient (Wildman–Crippen LogP) is 1.86. The van der Waals surface area contributed by atoms with Gasteiger partial charge in [0.25, 0.3) is 0 Å². The minimum absolute atomic E-state index is 0.00551. The molecule has 0 fully saturated rings. The van der Waals surface area contributed by atoms with Gasteiger partial charge in [-0.2, -0.15) is 18.3 Å². The number of rotatable bonds is 3. The summed E-state index contributed by atoms with van der Waals surface area (Å²) in [6, 6.07) is -1.94. The molecule has 0 aliphatic carbocycles. The van der Waals surface area contributed by atoms with Gasteiger partial charge in [-0.15, -0.1) is 0 Å². The minimum atomic E-state index is -4.40. The van der Waals surface area contributed by atoms with Crippen molar-refractivity contribution in [3.05, 3.63) is 18.0 Å². The Kier molecular flexibility index (Phi) is 3.15. The highest BCUT2D eigenvalue weighted by molar-refractivity contribution is 5.11. The predicted molar refractivity (Wildman–Crippen MR) is 45.5 cm³/mol. The number of nitrogens with two attached hydrogens (primary N) is 1. The zero-order valence-electron chi connectivity index (χ0n) is 7.75. The average Bonchev–Trinajstić information content (AvgIpc) is 2.50. The standard InChI is InChI=1S/C8H12F3N3/c1-2-3-14-5-6(4-13-14)7(12)8(9,10)11/h4-5,7H,2-3,12H2,1H3. The van der Waals surface area contributed by atoms with Gasteiger partial charge in [0, 0.05) is 18.3 Å². The number of alkyl halides is 3. The Morgan fingerprint density at radius 3 is 2.71 bits per heavy atom. The zero-order chi connectivity index (χ0) is 10.8. The number of hydrogen-bond acceptors (Lipinski definition) is 2. The third-order valence-corrected chi connectivity index (χ3v) is 1.82. The summed E-state index contributed by atoms with van der Waals surface area (Å²) >= 11 is 0. The van der Waals surface area contributed by atoms with Gasteiger partial charge in [-0.3, -0.25) is 4.68 Å². The van der Waals surface area contributed by atoms with Gasteiger partial charge in [-0.05, 0) is 6.42 Å². The maximum absolute atomic E-state index is 12.2. The highest BCUT2D eigenvalue weighted by Crippen LogP contribution is 2.29. The van der Waals surface area contributed by atoms with E-state index in [1.807, 2.05) is 6.92 Å². The first kappa shape index (κ1) is 11.0. The topological polar surface area (TPSA) is 43.8 Å². The quantitative estimate of drug-likeness (QED) is 0.822. The molecule has 14 heavy (non-hydrogen) atoms. The van der Waals surface area contributed by atoms with Crippen LogP contribution in [0.5, 0.6) is 0 Å². The molecule has 0 amide bonds. The molecule has 3 nitrogen and oxygen atoms in total. The van der Waals surface area contributed by atoms with Crippen LogP contribution in [-0.4, -0.2) is 16.0 Å². The molecule has 0 spiro atoms. The Labute approximate surface area is 79.7 Å². The van der Waals surface area contributed by atoms with Crippen LogP contribution in [0.1, 0.15) is 24.9 Å². The van der Waals surface area contributed by atoms with E-state index in [2.05, 4.69) is 5.10 Å². The first-order valence-corrected chi connectivity index (χ1v) is 4.29. The summed E-state index contributed by atoms with van der Waals surface area (Å²) in [6.45, 7) is 2.52. The Balaban J connectivity index is 2.76. The van der Waals surface area contributed by atoms with E-state index in [9.17, 15) is 13.2 Å². The van der Waals surface area contributed by atoms with E-state index in [-0.39, 0.29) is 5.56 Å². The van der Waals surface area contributed by atoms with Crippen LogP contribution < -0.4 is 5.73 Å². The Hall–Kier alpha value is -1.04. The fraction of sp³-hybridized carbons (Fsp3) is 0.625. The fourth-order valence-electron chi connectivity index (χ4n) is 1.08. The number of aromatic nitrogens is 2. The molecule has 1 rings (SSSR count). The Morgan fingerprint density at radius 2 is 2.21 bits per heavy atom. The van der Waals surface area contributed by atoms with E-state index in [1.54, 1.807) is 0 Å². The monoisotopic (exact) mass is 207 g/mol. The highest BCUT2D eigenvalue weighted by atomic mass is 19.4. The van der Waals surface area contributed by atoms with E-state index in [4.69, 9.17) is 5.73 Å². The van der Waals surface area contributed by atoms with E-state index < -0.39 is 12.2 Å². The first-order chi connectivity index (χ1) is 6.45. The second-order valence-electron chi connectivity index (χ2n) is 3.06. The van der Waals surface area contributed by atoms with Crippen molar-refractivity contribution in [3.8, 4) is 0 Å². The van der Waals surface area contributed by atoms with Crippen molar-refractivity contribution in [3.63, 3.8) is 0 Å². The summed E-state index contributed by atoms with van der Waals surface area (Å²) < 4.78 is 38.0. The largest absolute Gasteiger partial charge is 0.407 e. The minimum Gasteiger partial charge on any atom is -0.316 e. The maximum Gasteiger partial charge on any atom is 0.407 e. The van der Waals surface area contributed by atoms with E-state index >= 15 is 0 Å². The summed E-state index contributed by atoms with van der Waals surface area (Å²) in [5.74, 6) is 0. The van der Waals surface area contributed by atoms with Crippen molar-refractivity contribution in [1.29, 1.82) is 0 Å². The summed E-state index contributed by atoms with van der Waals surface area (Å²) in [4.78, 5) is 0. The third-order valence-electron chi connectivity index (χ3n) is 1.82. The lowest BCUT2D eigenvalue weighted by atomic mass is 10.2. The molecular formula is C8H12F3N3. The molecule has 1 unspecified atom stereocenters. The Bertz CT molecular complexity index is 292. The smallest absolute Gasteiger partial charge is 0.316 e. The van der Waals surface area contributed by atoms with Crippen molar-refractivity contribution < 1.29 is 13.2 Å². The summed E-state index contributed by atoms with van der Waals surface area (Å²) in [5, 5.41) is 3.78. The molecule has 80 valence electrons. The first-order valence-electron chi connectivity index (χ1n) is 4.29. The fourth-order valence-corrected chi connectivity index (χ4v) is 1.08. The molecule has 2 N–H and O–H groups in total. The van der Waals surface area contributed by atoms with Gasteiger partial charge in [-0.1, -0.05) is 6.92 Å². The lowest BCUT2D eigenvalue weighted by molar-refractivity contribution is -0.149. The maximum atomic E-state index is 12.2. The van der Waals surface area contributed by atoms with Crippen molar-refractivity contribution in [2.75, 3.05) is 0 Å². The SMILES string of the molecule is CCCn1cc(C(N)C(F)(F)F)cn1. The van der Waals surface area contributed by atoms with Gasteiger partial charge in [0.1, 0.15) is 6.04 Å². The molecule has 0 aliphatic rings. The van der Waals surface area contributed by atoms with Gasteiger partial charge in [0.05, 0.1) is 6.20 Å². The molecule has 1 atom stereocenters. The summed E-state index contributed by atoms with van der Waals surface area (Å²) in [5.41, 5.74) is 5.01. The van der Waals surface area contributed by atoms with E-state index in [0.717, 1.165) is 12.6 Å². The number of hydrogen-bond donors (Lipinski definition) is 1. The van der Waals surface area contributed by atoms with Crippen LogP contribution in [0.4, 0.5) is 13.2 Å². The van der Waals surface area contributed by atoms with Crippen LogP contribution in [0.3, 0.4) is 0 Å². The lowest BCUT2D eigenvalue weighted by Crippen LogP contribution is -2.28. The van der Waals surface area contributed by atoms with Crippen LogP contribution in [0.15, 0.2) is 12.4 Å². The van der Waals surface area contributed by atoms with Gasteiger partial charge >= 0.3 is 6.18 Å². The molecule has 1 heterocycles. The summed E-state index contributed by atoms with van der Waals surface area (Å²) in [6.07, 6.45) is -1.09. The van der Waals surface area contributed by atoms with Gasteiger partial charge in [0.15, 0.2) is 0 Å².